The van der Waals surface area contributed by atoms with Crippen molar-refractivity contribution in [3.05, 3.63) is 22.0 Å². The van der Waals surface area contributed by atoms with Gasteiger partial charge in [0, 0.05) is 0 Å². The molecule has 0 aliphatic heterocycles. The van der Waals surface area contributed by atoms with Gasteiger partial charge < -0.3 is 5.11 Å². The van der Waals surface area contributed by atoms with Gasteiger partial charge >= 0.3 is 11.7 Å². The lowest BCUT2D eigenvalue weighted by molar-refractivity contribution is -0.386. The molecule has 1 aromatic rings. The summed E-state index contributed by atoms with van der Waals surface area (Å²) in [5, 5.41) is 22.3. The summed E-state index contributed by atoms with van der Waals surface area (Å²) in [7, 11) is 0. The highest BCUT2D eigenvalue weighted by molar-refractivity contribution is 5.71. The minimum atomic E-state index is -3.16. The summed E-state index contributed by atoms with van der Waals surface area (Å²) in [4.78, 5) is 20.0. The maximum absolute atomic E-state index is 12.5. The summed E-state index contributed by atoms with van der Waals surface area (Å²) in [5.41, 5.74) is -1.89. The SMILES string of the molecule is C[C@@H](C(=O)O)n1ncc([N+](=O)[O-])c1C(F)F. The fourth-order valence-electron chi connectivity index (χ4n) is 1.13. The van der Waals surface area contributed by atoms with E-state index in [1.165, 1.54) is 0 Å². The molecule has 0 bridgehead atoms. The minimum absolute atomic E-state index is 0.436. The van der Waals surface area contributed by atoms with E-state index in [1.54, 1.807) is 0 Å². The second-order valence-electron chi connectivity index (χ2n) is 2.93. The molecule has 9 heteroatoms. The fourth-order valence-corrected chi connectivity index (χ4v) is 1.13. The zero-order chi connectivity index (χ0) is 12.5. The molecule has 0 aliphatic carbocycles. The first-order valence-electron chi connectivity index (χ1n) is 4.09. The number of rotatable bonds is 4. The Morgan fingerprint density at radius 3 is 2.62 bits per heavy atom. The topological polar surface area (TPSA) is 98.3 Å². The van der Waals surface area contributed by atoms with E-state index in [9.17, 15) is 23.7 Å². The number of carboxylic acid groups (broad SMARTS) is 1. The van der Waals surface area contributed by atoms with E-state index in [2.05, 4.69) is 5.10 Å². The smallest absolute Gasteiger partial charge is 0.328 e. The van der Waals surface area contributed by atoms with Crippen molar-refractivity contribution in [2.24, 2.45) is 0 Å². The van der Waals surface area contributed by atoms with Gasteiger partial charge in [0.25, 0.3) is 6.43 Å². The normalized spacial score (nSPS) is 12.8. The Morgan fingerprint density at radius 1 is 1.69 bits per heavy atom. The van der Waals surface area contributed by atoms with Crippen LogP contribution in [0.4, 0.5) is 14.5 Å². The van der Waals surface area contributed by atoms with Crippen LogP contribution in [-0.2, 0) is 4.79 Å². The van der Waals surface area contributed by atoms with Gasteiger partial charge in [0.2, 0.25) is 0 Å². The molecule has 1 N–H and O–H groups in total. The van der Waals surface area contributed by atoms with Gasteiger partial charge in [-0.3, -0.25) is 10.1 Å². The molecule has 16 heavy (non-hydrogen) atoms. The summed E-state index contributed by atoms with van der Waals surface area (Å²) in [6, 6.07) is -1.39. The summed E-state index contributed by atoms with van der Waals surface area (Å²) >= 11 is 0. The number of hydrogen-bond donors (Lipinski definition) is 1. The predicted molar refractivity (Wildman–Crippen MR) is 46.2 cm³/mol. The number of nitro groups is 1. The van der Waals surface area contributed by atoms with Crippen molar-refractivity contribution < 1.29 is 23.6 Å². The molecule has 0 unspecified atom stereocenters. The predicted octanol–water partition coefficient (Wildman–Crippen LogP) is 1.37. The highest BCUT2D eigenvalue weighted by Gasteiger charge is 2.31. The van der Waals surface area contributed by atoms with Crippen LogP contribution in [0, 0.1) is 10.1 Å². The lowest BCUT2D eigenvalue weighted by Gasteiger charge is -2.09. The fraction of sp³-hybridized carbons (Fsp3) is 0.429. The van der Waals surface area contributed by atoms with E-state index < -0.39 is 34.7 Å². The maximum Gasteiger partial charge on any atom is 0.328 e. The molecule has 7 nitrogen and oxygen atoms in total. The van der Waals surface area contributed by atoms with Gasteiger partial charge in [-0.25, -0.2) is 18.3 Å². The Bertz CT molecular complexity index is 431. The lowest BCUT2D eigenvalue weighted by atomic mass is 10.3. The van der Waals surface area contributed by atoms with E-state index in [0.29, 0.717) is 10.9 Å². The first-order chi connectivity index (χ1) is 7.36. The van der Waals surface area contributed by atoms with Crippen LogP contribution >= 0.6 is 0 Å². The molecule has 0 fully saturated rings. The molecule has 88 valence electrons. The Kier molecular flexibility index (Phi) is 3.16. The van der Waals surface area contributed by atoms with E-state index in [1.807, 2.05) is 0 Å². The molecule has 1 atom stereocenters. The van der Waals surface area contributed by atoms with Crippen LogP contribution in [0.15, 0.2) is 6.20 Å². The highest BCUT2D eigenvalue weighted by atomic mass is 19.3. The molecular weight excluding hydrogens is 228 g/mol. The van der Waals surface area contributed by atoms with Crippen LogP contribution in [0.3, 0.4) is 0 Å². The molecular formula is C7H7F2N3O4. The summed E-state index contributed by atoms with van der Waals surface area (Å²) < 4.78 is 25.5. The number of nitrogens with zero attached hydrogens (tertiary/aromatic N) is 3. The summed E-state index contributed by atoms with van der Waals surface area (Å²) in [6.07, 6.45) is -2.55. The molecule has 1 rings (SSSR count). The number of halogens is 2. The van der Waals surface area contributed by atoms with Gasteiger partial charge in [-0.1, -0.05) is 0 Å². The monoisotopic (exact) mass is 235 g/mol. The first-order valence-corrected chi connectivity index (χ1v) is 4.09. The van der Waals surface area contributed by atoms with Crippen LogP contribution in [-0.4, -0.2) is 25.8 Å². The number of aliphatic carboxylic acids is 1. The first kappa shape index (κ1) is 12.0. The maximum atomic E-state index is 12.5. The van der Waals surface area contributed by atoms with Gasteiger partial charge in [-0.2, -0.15) is 5.10 Å². The van der Waals surface area contributed by atoms with Crippen molar-refractivity contribution in [2.45, 2.75) is 19.4 Å². The molecule has 0 spiro atoms. The summed E-state index contributed by atoms with van der Waals surface area (Å²) in [6.45, 7) is 1.10. The number of aromatic nitrogens is 2. The third-order valence-electron chi connectivity index (χ3n) is 1.94. The van der Waals surface area contributed by atoms with Crippen molar-refractivity contribution in [1.29, 1.82) is 0 Å². The standard InChI is InChI=1S/C7H7F2N3O4/c1-3(7(13)14)11-5(6(8)9)4(2-10-11)12(15)16/h2-3,6H,1H3,(H,13,14)/t3-/m0/s1. The lowest BCUT2D eigenvalue weighted by Crippen LogP contribution is -2.19. The second-order valence-corrected chi connectivity index (χ2v) is 2.93. The molecule has 0 aromatic carbocycles. The van der Waals surface area contributed by atoms with Crippen molar-refractivity contribution in [2.75, 3.05) is 0 Å². The second kappa shape index (κ2) is 4.21. The molecule has 1 heterocycles. The van der Waals surface area contributed by atoms with Gasteiger partial charge in [0.05, 0.1) is 4.92 Å². The van der Waals surface area contributed by atoms with Crippen molar-refractivity contribution in [3.63, 3.8) is 0 Å². The van der Waals surface area contributed by atoms with Gasteiger partial charge in [0.1, 0.15) is 12.2 Å². The van der Waals surface area contributed by atoms with Crippen molar-refractivity contribution in [3.8, 4) is 0 Å². The van der Waals surface area contributed by atoms with Crippen LogP contribution in [0.2, 0.25) is 0 Å². The minimum Gasteiger partial charge on any atom is -0.480 e. The number of alkyl halides is 2. The van der Waals surface area contributed by atoms with Gasteiger partial charge in [0.15, 0.2) is 5.69 Å². The third-order valence-corrected chi connectivity index (χ3v) is 1.94. The van der Waals surface area contributed by atoms with Crippen molar-refractivity contribution in [1.82, 2.24) is 9.78 Å². The number of carboxylic acids is 1. The average Bonchev–Trinajstić information content (AvgIpc) is 2.60. The van der Waals surface area contributed by atoms with Crippen molar-refractivity contribution >= 4 is 11.7 Å². The van der Waals surface area contributed by atoms with Crippen LogP contribution in [0.25, 0.3) is 0 Å². The molecule has 0 saturated heterocycles. The Hall–Kier alpha value is -2.06. The van der Waals surface area contributed by atoms with Gasteiger partial charge in [-0.15, -0.1) is 0 Å². The molecule has 0 aliphatic rings. The molecule has 0 amide bonds. The van der Waals surface area contributed by atoms with Crippen LogP contribution in [0.5, 0.6) is 0 Å². The van der Waals surface area contributed by atoms with E-state index in [4.69, 9.17) is 5.11 Å². The zero-order valence-electron chi connectivity index (χ0n) is 8.00. The van der Waals surface area contributed by atoms with Gasteiger partial charge in [-0.05, 0) is 6.92 Å². The Morgan fingerprint density at radius 2 is 2.25 bits per heavy atom. The molecule has 0 radical (unpaired) electrons. The van der Waals surface area contributed by atoms with E-state index in [0.717, 1.165) is 6.92 Å². The average molecular weight is 235 g/mol. The van der Waals surface area contributed by atoms with Crippen LogP contribution < -0.4 is 0 Å². The number of hydrogen-bond acceptors (Lipinski definition) is 4. The summed E-state index contributed by atoms with van der Waals surface area (Å²) in [5.74, 6) is -1.40. The Balaban J connectivity index is 3.31. The van der Waals surface area contributed by atoms with E-state index in [-0.39, 0.29) is 0 Å². The molecule has 1 aromatic heterocycles. The van der Waals surface area contributed by atoms with E-state index >= 15 is 0 Å². The largest absolute Gasteiger partial charge is 0.480 e. The quantitative estimate of drug-likeness (QED) is 0.627. The Labute approximate surface area is 87.4 Å². The zero-order valence-corrected chi connectivity index (χ0v) is 8.00. The number of carbonyl (C=O) groups is 1. The third kappa shape index (κ3) is 1.97. The highest BCUT2D eigenvalue weighted by Crippen LogP contribution is 2.30. The van der Waals surface area contributed by atoms with Crippen LogP contribution in [0.1, 0.15) is 25.1 Å². The molecule has 0 saturated carbocycles.